The first-order valence-electron chi connectivity index (χ1n) is 9.76. The number of ether oxygens (including phenoxy) is 2. The van der Waals surface area contributed by atoms with E-state index >= 15 is 0 Å². The van der Waals surface area contributed by atoms with Crippen molar-refractivity contribution in [1.82, 2.24) is 19.6 Å². The van der Waals surface area contributed by atoms with Crippen LogP contribution in [0.2, 0.25) is 0 Å². The van der Waals surface area contributed by atoms with E-state index in [1.807, 2.05) is 48.5 Å². The van der Waals surface area contributed by atoms with Gasteiger partial charge in [-0.05, 0) is 30.7 Å². The molecule has 8 nitrogen and oxygen atoms in total. The summed E-state index contributed by atoms with van der Waals surface area (Å²) in [6.07, 6.45) is 5.39. The number of methoxy groups -OCH3 is 1. The molecular weight excluding hydrogens is 382 g/mol. The minimum atomic E-state index is -0.399. The van der Waals surface area contributed by atoms with Gasteiger partial charge < -0.3 is 14.4 Å². The van der Waals surface area contributed by atoms with E-state index in [0.29, 0.717) is 37.6 Å². The van der Waals surface area contributed by atoms with Crippen LogP contribution in [0, 0.1) is 0 Å². The van der Waals surface area contributed by atoms with Crippen molar-refractivity contribution in [1.29, 1.82) is 0 Å². The number of benzene rings is 1. The van der Waals surface area contributed by atoms with Crippen molar-refractivity contribution < 1.29 is 14.3 Å². The number of aryl methyl sites for hydroxylation is 1. The van der Waals surface area contributed by atoms with E-state index in [1.165, 1.54) is 0 Å². The largest absolute Gasteiger partial charge is 0.497 e. The maximum atomic E-state index is 12.6. The van der Waals surface area contributed by atoms with Gasteiger partial charge in [-0.25, -0.2) is 4.79 Å². The van der Waals surface area contributed by atoms with Crippen molar-refractivity contribution in [2.75, 3.05) is 25.2 Å². The number of rotatable bonds is 10. The van der Waals surface area contributed by atoms with E-state index in [2.05, 4.69) is 11.7 Å². The monoisotopic (exact) mass is 409 g/mol. The van der Waals surface area contributed by atoms with E-state index in [-0.39, 0.29) is 0 Å². The van der Waals surface area contributed by atoms with Gasteiger partial charge in [0.05, 0.1) is 32.5 Å². The highest BCUT2D eigenvalue weighted by molar-refractivity contribution is 5.94. The highest BCUT2D eigenvalue weighted by Crippen LogP contribution is 2.23. The number of nitrogens with zero attached hydrogens (tertiary/aromatic N) is 5. The Morgan fingerprint density at radius 3 is 2.60 bits per heavy atom. The molecule has 0 aliphatic carbocycles. The van der Waals surface area contributed by atoms with E-state index in [0.717, 1.165) is 17.0 Å². The van der Waals surface area contributed by atoms with Crippen LogP contribution in [-0.4, -0.2) is 45.8 Å². The van der Waals surface area contributed by atoms with E-state index in [9.17, 15) is 4.79 Å². The summed E-state index contributed by atoms with van der Waals surface area (Å²) in [5.74, 6) is 0.940. The van der Waals surface area contributed by atoms with Crippen molar-refractivity contribution in [2.45, 2.75) is 20.0 Å². The standard InChI is InChI=1S/C22H27N5O3/c1-5-12-26(15-18-11-13-25(3)23-18)21-20(22(28)30-6-2)16-27(24-21)14-17-7-9-19(29-4)10-8-17/h5,7-11,13,16H,1,6,12,14-15H2,2-4H3. The molecule has 0 fully saturated rings. The smallest absolute Gasteiger partial charge is 0.343 e. The topological polar surface area (TPSA) is 74.4 Å². The molecule has 0 N–H and O–H groups in total. The Morgan fingerprint density at radius 1 is 1.23 bits per heavy atom. The number of aromatic nitrogens is 4. The van der Waals surface area contributed by atoms with Crippen LogP contribution in [0.15, 0.2) is 55.4 Å². The maximum absolute atomic E-state index is 12.6. The average Bonchev–Trinajstić information content (AvgIpc) is 3.34. The third kappa shape index (κ3) is 5.08. The lowest BCUT2D eigenvalue weighted by Gasteiger charge is -2.20. The minimum absolute atomic E-state index is 0.295. The van der Waals surface area contributed by atoms with Gasteiger partial charge in [-0.3, -0.25) is 9.36 Å². The lowest BCUT2D eigenvalue weighted by Crippen LogP contribution is -2.25. The zero-order valence-electron chi connectivity index (χ0n) is 17.6. The second-order valence-corrected chi connectivity index (χ2v) is 6.78. The second-order valence-electron chi connectivity index (χ2n) is 6.78. The predicted molar refractivity (Wildman–Crippen MR) is 115 cm³/mol. The number of carbonyl (C=O) groups excluding carboxylic acids is 1. The van der Waals surface area contributed by atoms with Gasteiger partial charge >= 0.3 is 5.97 Å². The van der Waals surface area contributed by atoms with Gasteiger partial charge in [-0.15, -0.1) is 6.58 Å². The quantitative estimate of drug-likeness (QED) is 0.379. The Bertz CT molecular complexity index is 991. The van der Waals surface area contributed by atoms with Gasteiger partial charge in [0.25, 0.3) is 0 Å². The molecule has 0 unspecified atom stereocenters. The fourth-order valence-corrected chi connectivity index (χ4v) is 3.12. The molecule has 0 radical (unpaired) electrons. The first-order valence-corrected chi connectivity index (χ1v) is 9.76. The van der Waals surface area contributed by atoms with Crippen molar-refractivity contribution in [3.63, 3.8) is 0 Å². The molecule has 30 heavy (non-hydrogen) atoms. The number of carbonyl (C=O) groups is 1. The van der Waals surface area contributed by atoms with Crippen molar-refractivity contribution in [3.05, 3.63) is 72.2 Å². The molecule has 2 aromatic heterocycles. The van der Waals surface area contributed by atoms with Gasteiger partial charge in [-0.2, -0.15) is 10.2 Å². The van der Waals surface area contributed by atoms with Gasteiger partial charge in [0.1, 0.15) is 11.3 Å². The summed E-state index contributed by atoms with van der Waals surface area (Å²) in [6.45, 7) is 7.46. The fourth-order valence-electron chi connectivity index (χ4n) is 3.12. The molecule has 3 aromatic rings. The van der Waals surface area contributed by atoms with Crippen LogP contribution in [0.4, 0.5) is 5.82 Å². The Kier molecular flexibility index (Phi) is 6.90. The molecule has 1 aromatic carbocycles. The third-order valence-corrected chi connectivity index (χ3v) is 4.51. The SMILES string of the molecule is C=CCN(Cc1ccn(C)n1)c1nn(Cc2ccc(OC)cc2)cc1C(=O)OCC. The lowest BCUT2D eigenvalue weighted by atomic mass is 10.2. The molecule has 0 aliphatic rings. The summed E-state index contributed by atoms with van der Waals surface area (Å²) in [4.78, 5) is 14.6. The maximum Gasteiger partial charge on any atom is 0.343 e. The Balaban J connectivity index is 1.92. The van der Waals surface area contributed by atoms with Gasteiger partial charge in [0, 0.05) is 26.0 Å². The molecule has 0 amide bonds. The van der Waals surface area contributed by atoms with Crippen molar-refractivity contribution in [3.8, 4) is 5.75 Å². The molecule has 0 saturated carbocycles. The molecule has 2 heterocycles. The third-order valence-electron chi connectivity index (χ3n) is 4.51. The minimum Gasteiger partial charge on any atom is -0.497 e. The summed E-state index contributed by atoms with van der Waals surface area (Å²) < 4.78 is 14.0. The molecule has 0 atom stereocenters. The van der Waals surface area contributed by atoms with Crippen LogP contribution in [0.25, 0.3) is 0 Å². The molecule has 0 aliphatic heterocycles. The average molecular weight is 409 g/mol. The zero-order chi connectivity index (χ0) is 21.5. The first kappa shape index (κ1) is 21.2. The summed E-state index contributed by atoms with van der Waals surface area (Å²) in [6, 6.07) is 9.68. The summed E-state index contributed by atoms with van der Waals surface area (Å²) >= 11 is 0. The van der Waals surface area contributed by atoms with Crippen LogP contribution in [0.3, 0.4) is 0 Å². The summed E-state index contributed by atoms with van der Waals surface area (Å²) in [5.41, 5.74) is 2.34. The van der Waals surface area contributed by atoms with E-state index < -0.39 is 5.97 Å². The second kappa shape index (κ2) is 9.78. The van der Waals surface area contributed by atoms with Crippen LogP contribution >= 0.6 is 0 Å². The predicted octanol–water partition coefficient (Wildman–Crippen LogP) is 3.04. The normalized spacial score (nSPS) is 10.6. The molecule has 0 spiro atoms. The number of hydrogen-bond acceptors (Lipinski definition) is 6. The van der Waals surface area contributed by atoms with Crippen LogP contribution < -0.4 is 9.64 Å². The number of anilines is 1. The lowest BCUT2D eigenvalue weighted by molar-refractivity contribution is 0.0527. The number of esters is 1. The van der Waals surface area contributed by atoms with E-state index in [4.69, 9.17) is 14.6 Å². The van der Waals surface area contributed by atoms with Crippen molar-refractivity contribution in [2.24, 2.45) is 7.05 Å². The first-order chi connectivity index (χ1) is 14.5. The van der Waals surface area contributed by atoms with Gasteiger partial charge in [0.15, 0.2) is 5.82 Å². The molecule has 158 valence electrons. The molecule has 3 rings (SSSR count). The molecule has 0 bridgehead atoms. The highest BCUT2D eigenvalue weighted by Gasteiger charge is 2.23. The molecule has 8 heteroatoms. The van der Waals surface area contributed by atoms with Crippen LogP contribution in [0.5, 0.6) is 5.75 Å². The highest BCUT2D eigenvalue weighted by atomic mass is 16.5. The summed E-state index contributed by atoms with van der Waals surface area (Å²) in [5, 5.41) is 9.14. The Labute approximate surface area is 176 Å². The molecule has 0 saturated heterocycles. The van der Waals surface area contributed by atoms with Crippen LogP contribution in [0.1, 0.15) is 28.5 Å². The fraction of sp³-hybridized carbons (Fsp3) is 0.318. The Morgan fingerprint density at radius 2 is 2.00 bits per heavy atom. The van der Waals surface area contributed by atoms with E-state index in [1.54, 1.807) is 35.7 Å². The van der Waals surface area contributed by atoms with Gasteiger partial charge in [-0.1, -0.05) is 18.2 Å². The number of hydrogen-bond donors (Lipinski definition) is 0. The molecular formula is C22H27N5O3. The van der Waals surface area contributed by atoms with Crippen molar-refractivity contribution >= 4 is 11.8 Å². The van der Waals surface area contributed by atoms with Gasteiger partial charge in [0.2, 0.25) is 0 Å². The van der Waals surface area contributed by atoms with Crippen LogP contribution in [-0.2, 0) is 24.9 Å². The Hall–Kier alpha value is -3.55. The zero-order valence-corrected chi connectivity index (χ0v) is 17.6. The summed E-state index contributed by atoms with van der Waals surface area (Å²) in [7, 11) is 3.51.